The Hall–Kier alpha value is -0.540. The molecule has 0 radical (unpaired) electrons. The third-order valence-corrected chi connectivity index (χ3v) is 2.19. The van der Waals surface area contributed by atoms with Crippen LogP contribution in [0.5, 0.6) is 0 Å². The average Bonchev–Trinajstić information content (AvgIpc) is 2.18. The van der Waals surface area contributed by atoms with E-state index in [1.807, 2.05) is 0 Å². The zero-order valence-corrected chi connectivity index (χ0v) is 9.86. The summed E-state index contributed by atoms with van der Waals surface area (Å²) in [5.41, 5.74) is 0. The summed E-state index contributed by atoms with van der Waals surface area (Å²) in [5.74, 6) is -0.0745. The molecule has 0 aromatic heterocycles. The first-order valence-corrected chi connectivity index (χ1v) is 4.98. The summed E-state index contributed by atoms with van der Waals surface area (Å²) < 4.78 is 0. The van der Waals surface area contributed by atoms with Crippen LogP contribution in [0.2, 0.25) is 0 Å². The maximum absolute atomic E-state index is 10.8. The van der Waals surface area contributed by atoms with Crippen LogP contribution in [0, 0.1) is 0 Å². The van der Waals surface area contributed by atoms with Crippen molar-refractivity contribution in [2.24, 2.45) is 0 Å². The zero-order valence-electron chi connectivity index (χ0n) is 9.11. The summed E-state index contributed by atoms with van der Waals surface area (Å²) in [4.78, 5) is 12.3. The molecule has 0 aromatic rings. The smallest absolute Gasteiger partial charge is 0.243 e. The Bertz CT molecular complexity index is 158. The fourth-order valence-electron chi connectivity index (χ4n) is 1.23. The number of carbonyl (C=O) groups excluding carboxylic acids is 1. The van der Waals surface area contributed by atoms with Crippen LogP contribution < -0.4 is 22.6 Å². The average molecular weight is 221 g/mol. The van der Waals surface area contributed by atoms with Crippen molar-refractivity contribution in [2.75, 3.05) is 26.2 Å². The second-order valence-corrected chi connectivity index (χ2v) is 3.06. The normalized spacial score (nSPS) is 9.36. The molecule has 0 heterocycles. The van der Waals surface area contributed by atoms with E-state index < -0.39 is 0 Å². The van der Waals surface area contributed by atoms with Gasteiger partial charge in [-0.05, 0) is 19.9 Å². The lowest BCUT2D eigenvalue weighted by molar-refractivity contribution is -0.896. The van der Waals surface area contributed by atoms with Crippen molar-refractivity contribution in [2.45, 2.75) is 20.3 Å². The molecular formula is C10H21ClN2O. The maximum atomic E-state index is 10.8. The maximum Gasteiger partial charge on any atom is 0.243 e. The van der Waals surface area contributed by atoms with Gasteiger partial charge in [0.05, 0.1) is 19.6 Å². The molecule has 2 N–H and O–H groups in total. The van der Waals surface area contributed by atoms with Gasteiger partial charge < -0.3 is 22.6 Å². The van der Waals surface area contributed by atoms with Gasteiger partial charge in [0.1, 0.15) is 0 Å². The van der Waals surface area contributed by atoms with Gasteiger partial charge in [0.15, 0.2) is 0 Å². The van der Waals surface area contributed by atoms with Crippen LogP contribution in [0.1, 0.15) is 20.3 Å². The predicted octanol–water partition coefficient (Wildman–Crippen LogP) is -3.39. The summed E-state index contributed by atoms with van der Waals surface area (Å²) in [6.45, 7) is 12.0. The van der Waals surface area contributed by atoms with Crippen LogP contribution in [0.15, 0.2) is 12.7 Å². The molecule has 0 atom stereocenters. The van der Waals surface area contributed by atoms with Gasteiger partial charge >= 0.3 is 0 Å². The van der Waals surface area contributed by atoms with E-state index in [1.54, 1.807) is 4.90 Å². The van der Waals surface area contributed by atoms with Crippen molar-refractivity contribution in [1.29, 1.82) is 0 Å². The highest BCUT2D eigenvalue weighted by Crippen LogP contribution is 1.72. The lowest BCUT2D eigenvalue weighted by Crippen LogP contribution is -3.11. The standard InChI is InChI=1S/C10H20N2O.ClH/c1-4-10(13)11-8-7-9-12(5-2)6-3;/h4H,1,5-9H2,2-3H3,(H,11,13);1H. The van der Waals surface area contributed by atoms with E-state index >= 15 is 0 Å². The first-order chi connectivity index (χ1) is 6.24. The second-order valence-electron chi connectivity index (χ2n) is 3.06. The van der Waals surface area contributed by atoms with E-state index in [2.05, 4.69) is 25.7 Å². The molecule has 3 nitrogen and oxygen atoms in total. The molecule has 0 fully saturated rings. The van der Waals surface area contributed by atoms with E-state index in [0.717, 1.165) is 32.6 Å². The summed E-state index contributed by atoms with van der Waals surface area (Å²) in [6, 6.07) is 0. The quantitative estimate of drug-likeness (QED) is 0.341. The lowest BCUT2D eigenvalue weighted by Gasteiger charge is -2.14. The molecule has 0 spiro atoms. The molecule has 1 amide bonds. The Morgan fingerprint density at radius 1 is 1.43 bits per heavy atom. The monoisotopic (exact) mass is 220 g/mol. The molecule has 4 heteroatoms. The largest absolute Gasteiger partial charge is 1.00 e. The van der Waals surface area contributed by atoms with Crippen LogP contribution in [0.3, 0.4) is 0 Å². The molecule has 0 saturated carbocycles. The van der Waals surface area contributed by atoms with Crippen molar-refractivity contribution in [1.82, 2.24) is 5.32 Å². The fourth-order valence-corrected chi connectivity index (χ4v) is 1.23. The molecule has 0 bridgehead atoms. The van der Waals surface area contributed by atoms with Gasteiger partial charge in [-0.2, -0.15) is 0 Å². The minimum absolute atomic E-state index is 0. The third kappa shape index (κ3) is 8.08. The minimum Gasteiger partial charge on any atom is -1.00 e. The van der Waals surface area contributed by atoms with Crippen LogP contribution >= 0.6 is 0 Å². The fraction of sp³-hybridized carbons (Fsp3) is 0.700. The first-order valence-electron chi connectivity index (χ1n) is 4.98. The van der Waals surface area contributed by atoms with E-state index in [0.29, 0.717) is 0 Å². The Morgan fingerprint density at radius 3 is 2.43 bits per heavy atom. The Balaban J connectivity index is 0. The predicted molar refractivity (Wildman–Crippen MR) is 54.7 cm³/mol. The summed E-state index contributed by atoms with van der Waals surface area (Å²) in [6.07, 6.45) is 2.35. The number of rotatable bonds is 7. The summed E-state index contributed by atoms with van der Waals surface area (Å²) in [7, 11) is 0. The minimum atomic E-state index is -0.0745. The number of hydrogen-bond donors (Lipinski definition) is 2. The number of halogens is 1. The number of quaternary nitrogens is 1. The highest BCUT2D eigenvalue weighted by Gasteiger charge is 2.01. The van der Waals surface area contributed by atoms with Gasteiger partial charge in [-0.15, -0.1) is 0 Å². The van der Waals surface area contributed by atoms with Crippen molar-refractivity contribution in [3.8, 4) is 0 Å². The topological polar surface area (TPSA) is 33.5 Å². The van der Waals surface area contributed by atoms with Crippen LogP contribution in [0.25, 0.3) is 0 Å². The van der Waals surface area contributed by atoms with Gasteiger partial charge in [0.2, 0.25) is 5.91 Å². The van der Waals surface area contributed by atoms with Crippen molar-refractivity contribution < 1.29 is 22.1 Å². The van der Waals surface area contributed by atoms with Gasteiger partial charge in [-0.3, -0.25) is 4.79 Å². The van der Waals surface area contributed by atoms with Gasteiger partial charge in [-0.25, -0.2) is 0 Å². The summed E-state index contributed by atoms with van der Waals surface area (Å²) >= 11 is 0. The van der Waals surface area contributed by atoms with Crippen molar-refractivity contribution in [3.05, 3.63) is 12.7 Å². The van der Waals surface area contributed by atoms with Gasteiger partial charge in [0, 0.05) is 13.0 Å². The molecule has 14 heavy (non-hydrogen) atoms. The molecule has 84 valence electrons. The van der Waals surface area contributed by atoms with Crippen LogP contribution in [0.4, 0.5) is 0 Å². The van der Waals surface area contributed by atoms with Crippen molar-refractivity contribution in [3.63, 3.8) is 0 Å². The molecule has 0 unspecified atom stereocenters. The third-order valence-electron chi connectivity index (χ3n) is 2.19. The number of amides is 1. The number of hydrogen-bond acceptors (Lipinski definition) is 1. The van der Waals surface area contributed by atoms with E-state index in [-0.39, 0.29) is 18.3 Å². The van der Waals surface area contributed by atoms with Crippen molar-refractivity contribution >= 4 is 5.91 Å². The van der Waals surface area contributed by atoms with Crippen LogP contribution in [-0.4, -0.2) is 32.1 Å². The lowest BCUT2D eigenvalue weighted by atomic mass is 10.3. The van der Waals surface area contributed by atoms with E-state index in [9.17, 15) is 4.79 Å². The second kappa shape index (κ2) is 10.5. The Kier molecular flexibility index (Phi) is 12.0. The summed E-state index contributed by atoms with van der Waals surface area (Å²) in [5, 5.41) is 2.77. The molecular weight excluding hydrogens is 200 g/mol. The highest BCUT2D eigenvalue weighted by molar-refractivity contribution is 5.86. The van der Waals surface area contributed by atoms with E-state index in [4.69, 9.17) is 0 Å². The molecule has 0 aliphatic carbocycles. The van der Waals surface area contributed by atoms with E-state index in [1.165, 1.54) is 6.08 Å². The number of carbonyl (C=O) groups is 1. The molecule has 0 aromatic carbocycles. The van der Waals surface area contributed by atoms with Gasteiger partial charge in [0.25, 0.3) is 0 Å². The first kappa shape index (κ1) is 15.9. The molecule has 0 aliphatic rings. The molecule has 0 rings (SSSR count). The molecule has 0 saturated heterocycles. The van der Waals surface area contributed by atoms with Crippen LogP contribution in [-0.2, 0) is 4.79 Å². The Labute approximate surface area is 93.0 Å². The zero-order chi connectivity index (χ0) is 10.1. The van der Waals surface area contributed by atoms with Gasteiger partial charge in [-0.1, -0.05) is 6.58 Å². The number of nitrogens with one attached hydrogen (secondary N) is 2. The molecule has 0 aliphatic heterocycles. The SMILES string of the molecule is C=CC(=O)NCCC[NH+](CC)CC.[Cl-]. The highest BCUT2D eigenvalue weighted by atomic mass is 35.5. The Morgan fingerprint density at radius 2 is 2.00 bits per heavy atom.